The fourth-order valence-electron chi connectivity index (χ4n) is 2.54. The second kappa shape index (κ2) is 7.77. The fourth-order valence-corrected chi connectivity index (χ4v) is 2.54. The maximum Gasteiger partial charge on any atom is 0.258 e. The van der Waals surface area contributed by atoms with Crippen molar-refractivity contribution in [1.82, 2.24) is 5.32 Å². The molecule has 2 aromatic carbocycles. The van der Waals surface area contributed by atoms with Crippen molar-refractivity contribution >= 4 is 17.5 Å². The lowest BCUT2D eigenvalue weighted by atomic mass is 10.1. The molecule has 136 valence electrons. The minimum Gasteiger partial charge on any atom is -0.484 e. The Kier molecular flexibility index (Phi) is 5.26. The molecule has 0 fully saturated rings. The number of carbonyl (C=O) groups excluding carboxylic acids is 2. The zero-order valence-corrected chi connectivity index (χ0v) is 14.6. The van der Waals surface area contributed by atoms with Crippen LogP contribution in [0.4, 0.5) is 5.69 Å². The van der Waals surface area contributed by atoms with Gasteiger partial charge in [-0.2, -0.15) is 0 Å². The molecule has 0 saturated heterocycles. The topological polar surface area (TPSA) is 85.9 Å². The average Bonchev–Trinajstić information content (AvgIpc) is 3.08. The molecule has 1 atom stereocenters. The smallest absolute Gasteiger partial charge is 0.258 e. The van der Waals surface area contributed by atoms with E-state index in [2.05, 4.69) is 10.6 Å². The zero-order valence-electron chi connectivity index (χ0n) is 14.6. The van der Waals surface area contributed by atoms with E-state index in [1.165, 1.54) is 6.92 Å². The van der Waals surface area contributed by atoms with Crippen LogP contribution in [0.3, 0.4) is 0 Å². The van der Waals surface area contributed by atoms with E-state index in [0.717, 1.165) is 5.56 Å². The van der Waals surface area contributed by atoms with E-state index in [1.807, 2.05) is 25.1 Å². The lowest BCUT2D eigenvalue weighted by Crippen LogP contribution is -2.31. The Morgan fingerprint density at radius 1 is 1.12 bits per heavy atom. The summed E-state index contributed by atoms with van der Waals surface area (Å²) in [5.74, 6) is 1.55. The first-order chi connectivity index (χ1) is 12.5. The third-order valence-corrected chi connectivity index (χ3v) is 3.82. The summed E-state index contributed by atoms with van der Waals surface area (Å²) in [4.78, 5) is 23.1. The molecule has 1 heterocycles. The molecule has 0 bridgehead atoms. The van der Waals surface area contributed by atoms with Crippen molar-refractivity contribution in [3.05, 3.63) is 48.0 Å². The molecular weight excluding hydrogens is 336 g/mol. The minimum absolute atomic E-state index is 0.103. The monoisotopic (exact) mass is 356 g/mol. The highest BCUT2D eigenvalue weighted by Gasteiger charge is 2.17. The summed E-state index contributed by atoms with van der Waals surface area (Å²) in [6.45, 7) is 3.44. The molecule has 26 heavy (non-hydrogen) atoms. The van der Waals surface area contributed by atoms with Gasteiger partial charge in [0.25, 0.3) is 5.91 Å². The first-order valence-corrected chi connectivity index (χ1v) is 8.20. The number of amides is 2. The molecule has 0 aromatic heterocycles. The van der Waals surface area contributed by atoms with E-state index in [0.29, 0.717) is 22.9 Å². The highest BCUT2D eigenvalue weighted by atomic mass is 16.7. The standard InChI is InChI=1S/C19H20N2O5/c1-12(14-3-8-17-18(9-14)26-11-25-17)20-19(23)10-24-16-6-4-15(5-7-16)21-13(2)22/h3-9,12H,10-11H2,1-2H3,(H,20,23)(H,21,22)/t12-/m1/s1. The van der Waals surface area contributed by atoms with E-state index < -0.39 is 0 Å². The molecule has 1 aliphatic rings. The van der Waals surface area contributed by atoms with Crippen molar-refractivity contribution in [3.63, 3.8) is 0 Å². The van der Waals surface area contributed by atoms with Gasteiger partial charge in [-0.15, -0.1) is 0 Å². The molecule has 2 N–H and O–H groups in total. The summed E-state index contributed by atoms with van der Waals surface area (Å²) in [5, 5.41) is 5.54. The van der Waals surface area contributed by atoms with Crippen LogP contribution in [0.25, 0.3) is 0 Å². The number of anilines is 1. The maximum atomic E-state index is 12.1. The van der Waals surface area contributed by atoms with Gasteiger partial charge in [0.1, 0.15) is 5.75 Å². The quantitative estimate of drug-likeness (QED) is 0.831. The van der Waals surface area contributed by atoms with Gasteiger partial charge >= 0.3 is 0 Å². The number of hydrogen-bond acceptors (Lipinski definition) is 5. The summed E-state index contributed by atoms with van der Waals surface area (Å²) in [6, 6.07) is 12.2. The largest absolute Gasteiger partial charge is 0.484 e. The first-order valence-electron chi connectivity index (χ1n) is 8.20. The number of fused-ring (bicyclic) bond motifs is 1. The SMILES string of the molecule is CC(=O)Nc1ccc(OCC(=O)N[C@H](C)c2ccc3c(c2)OCO3)cc1. The Hall–Kier alpha value is -3.22. The lowest BCUT2D eigenvalue weighted by molar-refractivity contribution is -0.123. The molecule has 0 spiro atoms. The van der Waals surface area contributed by atoms with E-state index in [1.54, 1.807) is 24.3 Å². The minimum atomic E-state index is -0.235. The third-order valence-electron chi connectivity index (χ3n) is 3.82. The highest BCUT2D eigenvalue weighted by molar-refractivity contribution is 5.88. The van der Waals surface area contributed by atoms with Crippen molar-refractivity contribution in [2.24, 2.45) is 0 Å². The van der Waals surface area contributed by atoms with Crippen LogP contribution in [0.5, 0.6) is 17.2 Å². The van der Waals surface area contributed by atoms with E-state index in [4.69, 9.17) is 14.2 Å². The summed E-state index contributed by atoms with van der Waals surface area (Å²) in [7, 11) is 0. The van der Waals surface area contributed by atoms with Crippen LogP contribution in [-0.2, 0) is 9.59 Å². The van der Waals surface area contributed by atoms with Crippen LogP contribution in [0.2, 0.25) is 0 Å². The second-order valence-electron chi connectivity index (χ2n) is 5.90. The van der Waals surface area contributed by atoms with Crippen LogP contribution < -0.4 is 24.8 Å². The molecule has 0 aliphatic carbocycles. The van der Waals surface area contributed by atoms with Gasteiger partial charge in [0.15, 0.2) is 18.1 Å². The molecule has 1 aliphatic heterocycles. The molecular formula is C19H20N2O5. The Morgan fingerprint density at radius 3 is 2.58 bits per heavy atom. The fraction of sp³-hybridized carbons (Fsp3) is 0.263. The van der Waals surface area contributed by atoms with Crippen molar-refractivity contribution in [3.8, 4) is 17.2 Å². The molecule has 2 amide bonds. The van der Waals surface area contributed by atoms with E-state index >= 15 is 0 Å². The number of hydrogen-bond donors (Lipinski definition) is 2. The third kappa shape index (κ3) is 4.44. The molecule has 3 rings (SSSR count). The Morgan fingerprint density at radius 2 is 1.85 bits per heavy atom. The van der Waals surface area contributed by atoms with Crippen LogP contribution in [-0.4, -0.2) is 25.2 Å². The van der Waals surface area contributed by atoms with Gasteiger partial charge in [-0.1, -0.05) is 6.07 Å². The molecule has 7 heteroatoms. The van der Waals surface area contributed by atoms with Gasteiger partial charge in [-0.25, -0.2) is 0 Å². The Balaban J connectivity index is 1.50. The van der Waals surface area contributed by atoms with Crippen molar-refractivity contribution in [2.75, 3.05) is 18.7 Å². The summed E-state index contributed by atoms with van der Waals surface area (Å²) >= 11 is 0. The summed E-state index contributed by atoms with van der Waals surface area (Å²) in [5.41, 5.74) is 1.59. The molecule has 0 unspecified atom stereocenters. The van der Waals surface area contributed by atoms with Gasteiger partial charge in [-0.05, 0) is 48.9 Å². The second-order valence-corrected chi connectivity index (χ2v) is 5.90. The average molecular weight is 356 g/mol. The molecule has 7 nitrogen and oxygen atoms in total. The van der Waals surface area contributed by atoms with E-state index in [9.17, 15) is 9.59 Å². The Bertz CT molecular complexity index is 804. The number of carbonyl (C=O) groups is 2. The summed E-state index contributed by atoms with van der Waals surface area (Å²) < 4.78 is 16.1. The van der Waals surface area contributed by atoms with Gasteiger partial charge < -0.3 is 24.8 Å². The van der Waals surface area contributed by atoms with Crippen LogP contribution in [0, 0.1) is 0 Å². The highest BCUT2D eigenvalue weighted by Crippen LogP contribution is 2.34. The van der Waals surface area contributed by atoms with Gasteiger partial charge in [0.05, 0.1) is 6.04 Å². The predicted molar refractivity (Wildman–Crippen MR) is 95.4 cm³/mol. The van der Waals surface area contributed by atoms with Gasteiger partial charge in [-0.3, -0.25) is 9.59 Å². The normalized spacial score (nSPS) is 13.0. The first kappa shape index (κ1) is 17.6. The number of benzene rings is 2. The van der Waals surface area contributed by atoms with Gasteiger partial charge in [0, 0.05) is 12.6 Å². The van der Waals surface area contributed by atoms with Crippen molar-refractivity contribution in [1.29, 1.82) is 0 Å². The van der Waals surface area contributed by atoms with Crippen LogP contribution >= 0.6 is 0 Å². The number of nitrogens with one attached hydrogen (secondary N) is 2. The van der Waals surface area contributed by atoms with Crippen molar-refractivity contribution in [2.45, 2.75) is 19.9 Å². The summed E-state index contributed by atoms with van der Waals surface area (Å²) in [6.07, 6.45) is 0. The lowest BCUT2D eigenvalue weighted by Gasteiger charge is -2.15. The van der Waals surface area contributed by atoms with Crippen LogP contribution in [0.1, 0.15) is 25.5 Å². The zero-order chi connectivity index (χ0) is 18.5. The number of rotatable bonds is 6. The van der Waals surface area contributed by atoms with Crippen LogP contribution in [0.15, 0.2) is 42.5 Å². The molecule has 0 radical (unpaired) electrons. The predicted octanol–water partition coefficient (Wildman–Crippen LogP) is 2.63. The number of ether oxygens (including phenoxy) is 3. The Labute approximate surface area is 151 Å². The van der Waals surface area contributed by atoms with Crippen molar-refractivity contribution < 1.29 is 23.8 Å². The molecule has 2 aromatic rings. The molecule has 0 saturated carbocycles. The van der Waals surface area contributed by atoms with E-state index in [-0.39, 0.29) is 31.3 Å². The maximum absolute atomic E-state index is 12.1. The van der Waals surface area contributed by atoms with Gasteiger partial charge in [0.2, 0.25) is 12.7 Å².